The summed E-state index contributed by atoms with van der Waals surface area (Å²) in [5.41, 5.74) is 1.93. The first-order chi connectivity index (χ1) is 13.8. The maximum absolute atomic E-state index is 12.8. The number of carbonyl (C=O) groups excluding carboxylic acids is 1. The zero-order chi connectivity index (χ0) is 21.6. The number of hydrogen-bond donors (Lipinski definition) is 3. The number of allylic oxidation sites excluding steroid dienone is 4. The number of fused-ring (bicyclic) bond motifs is 1. The Labute approximate surface area is 172 Å². The van der Waals surface area contributed by atoms with Gasteiger partial charge in [-0.15, -0.1) is 0 Å². The Morgan fingerprint density at radius 1 is 1.21 bits per heavy atom. The monoisotopic (exact) mass is 405 g/mol. The molecule has 3 unspecified atom stereocenters. The van der Waals surface area contributed by atoms with Crippen molar-refractivity contribution >= 4 is 5.91 Å². The first kappa shape index (κ1) is 22.9. The van der Waals surface area contributed by atoms with Crippen molar-refractivity contribution < 1.29 is 29.2 Å². The number of aliphatic hydroxyl groups excluding tert-OH is 2. The van der Waals surface area contributed by atoms with Gasteiger partial charge in [0.05, 0.1) is 19.1 Å². The van der Waals surface area contributed by atoms with Gasteiger partial charge in [0.2, 0.25) is 5.91 Å². The third kappa shape index (κ3) is 5.82. The fourth-order valence-corrected chi connectivity index (χ4v) is 3.32. The molecular formula is C22H31NO6. The van der Waals surface area contributed by atoms with Gasteiger partial charge in [-0.25, -0.2) is 0 Å². The van der Waals surface area contributed by atoms with E-state index in [1.165, 1.54) is 0 Å². The average molecular weight is 405 g/mol. The van der Waals surface area contributed by atoms with Crippen molar-refractivity contribution in [2.24, 2.45) is 11.8 Å². The molecule has 0 saturated heterocycles. The summed E-state index contributed by atoms with van der Waals surface area (Å²) in [6.45, 7) is 9.75. The Morgan fingerprint density at radius 3 is 2.55 bits per heavy atom. The molecule has 3 atom stereocenters. The van der Waals surface area contributed by atoms with Gasteiger partial charge in [0.25, 0.3) is 0 Å². The van der Waals surface area contributed by atoms with Crippen LogP contribution in [0.4, 0.5) is 0 Å². The van der Waals surface area contributed by atoms with Crippen LogP contribution in [0.15, 0.2) is 59.1 Å². The van der Waals surface area contributed by atoms with Crippen molar-refractivity contribution in [3.8, 4) is 0 Å². The highest BCUT2D eigenvalue weighted by Gasteiger charge is 2.41. The maximum atomic E-state index is 12.8. The van der Waals surface area contributed by atoms with Crippen LogP contribution in [0.25, 0.3) is 0 Å². The van der Waals surface area contributed by atoms with Crippen LogP contribution < -0.4 is 5.32 Å². The highest BCUT2D eigenvalue weighted by molar-refractivity contribution is 5.95. The van der Waals surface area contributed by atoms with E-state index in [0.29, 0.717) is 23.5 Å². The van der Waals surface area contributed by atoms with Crippen LogP contribution in [0.5, 0.6) is 0 Å². The number of rotatable bonds is 10. The molecule has 1 amide bonds. The summed E-state index contributed by atoms with van der Waals surface area (Å²) in [4.78, 5) is 12.8. The lowest BCUT2D eigenvalue weighted by Gasteiger charge is -2.36. The van der Waals surface area contributed by atoms with Gasteiger partial charge in [-0.05, 0) is 50.1 Å². The van der Waals surface area contributed by atoms with Crippen LogP contribution in [-0.2, 0) is 19.0 Å². The number of ether oxygens (including phenoxy) is 3. The van der Waals surface area contributed by atoms with Gasteiger partial charge in [-0.1, -0.05) is 12.7 Å². The average Bonchev–Trinajstić information content (AvgIpc) is 2.66. The SMILES string of the molecule is C=C(C)C(O)OCCOC1=CC=C(C(=O)NC(C)C)C2C(COC)=CC=C(O)C12. The van der Waals surface area contributed by atoms with Crippen molar-refractivity contribution in [1.29, 1.82) is 0 Å². The molecule has 3 N–H and O–H groups in total. The highest BCUT2D eigenvalue weighted by atomic mass is 16.6. The smallest absolute Gasteiger partial charge is 0.248 e. The molecule has 0 aromatic heterocycles. The molecule has 0 saturated carbocycles. The second kappa shape index (κ2) is 10.4. The molecular weight excluding hydrogens is 374 g/mol. The van der Waals surface area contributed by atoms with Crippen molar-refractivity contribution in [3.05, 3.63) is 59.1 Å². The third-order valence-electron chi connectivity index (χ3n) is 4.63. The second-order valence-corrected chi connectivity index (χ2v) is 7.46. The number of methoxy groups -OCH3 is 1. The summed E-state index contributed by atoms with van der Waals surface area (Å²) in [5.74, 6) is -0.448. The molecule has 29 heavy (non-hydrogen) atoms. The van der Waals surface area contributed by atoms with E-state index in [2.05, 4.69) is 11.9 Å². The minimum absolute atomic E-state index is 0.0112. The first-order valence-electron chi connectivity index (χ1n) is 9.65. The Balaban J connectivity index is 2.22. The summed E-state index contributed by atoms with van der Waals surface area (Å²) in [6.07, 6.45) is 5.77. The molecule has 2 rings (SSSR count). The number of aliphatic hydroxyl groups is 2. The van der Waals surface area contributed by atoms with E-state index in [1.54, 1.807) is 38.3 Å². The molecule has 0 bridgehead atoms. The number of hydrogen-bond acceptors (Lipinski definition) is 6. The summed E-state index contributed by atoms with van der Waals surface area (Å²) in [7, 11) is 1.59. The predicted molar refractivity (Wildman–Crippen MR) is 110 cm³/mol. The van der Waals surface area contributed by atoms with E-state index in [0.717, 1.165) is 5.57 Å². The standard InChI is InChI=1S/C22H31NO6/c1-13(2)22(26)29-11-10-28-18-9-7-16(21(25)23-14(3)4)19-15(12-27-5)6-8-17(24)20(18)19/h6-9,14,19-20,22,24,26H,1,10-12H2,2-5H3,(H,23,25). The summed E-state index contributed by atoms with van der Waals surface area (Å²) < 4.78 is 16.4. The summed E-state index contributed by atoms with van der Waals surface area (Å²) in [5, 5.41) is 23.1. The summed E-state index contributed by atoms with van der Waals surface area (Å²) in [6, 6.07) is -0.0112. The second-order valence-electron chi connectivity index (χ2n) is 7.46. The molecule has 0 heterocycles. The van der Waals surface area contributed by atoms with E-state index in [4.69, 9.17) is 14.2 Å². The Morgan fingerprint density at radius 2 is 1.93 bits per heavy atom. The molecule has 0 radical (unpaired) electrons. The lowest BCUT2D eigenvalue weighted by atomic mass is 9.72. The first-order valence-corrected chi connectivity index (χ1v) is 9.65. The Bertz CT molecular complexity index is 746. The van der Waals surface area contributed by atoms with Gasteiger partial charge < -0.3 is 29.7 Å². The van der Waals surface area contributed by atoms with Crippen molar-refractivity contribution in [2.75, 3.05) is 26.9 Å². The van der Waals surface area contributed by atoms with Crippen molar-refractivity contribution in [1.82, 2.24) is 5.32 Å². The molecule has 7 heteroatoms. The van der Waals surface area contributed by atoms with Crippen LogP contribution in [0.1, 0.15) is 20.8 Å². The Hall–Kier alpha value is -2.35. The van der Waals surface area contributed by atoms with Crippen LogP contribution >= 0.6 is 0 Å². The van der Waals surface area contributed by atoms with Crippen molar-refractivity contribution in [3.63, 3.8) is 0 Å². The number of amides is 1. The van der Waals surface area contributed by atoms with Crippen LogP contribution in [0, 0.1) is 11.8 Å². The van der Waals surface area contributed by atoms with E-state index < -0.39 is 12.2 Å². The lowest BCUT2D eigenvalue weighted by molar-refractivity contribution is -0.118. The quantitative estimate of drug-likeness (QED) is 0.294. The largest absolute Gasteiger partial charge is 0.512 e. The molecule has 0 aromatic rings. The third-order valence-corrected chi connectivity index (χ3v) is 4.63. The van der Waals surface area contributed by atoms with Crippen LogP contribution in [0.2, 0.25) is 0 Å². The molecule has 0 aromatic carbocycles. The Kier molecular flexibility index (Phi) is 8.25. The molecule has 2 aliphatic rings. The predicted octanol–water partition coefficient (Wildman–Crippen LogP) is 2.52. The van der Waals surface area contributed by atoms with Crippen LogP contribution in [0.3, 0.4) is 0 Å². The van der Waals surface area contributed by atoms with Gasteiger partial charge >= 0.3 is 0 Å². The normalized spacial score (nSPS) is 22.0. The van der Waals surface area contributed by atoms with Gasteiger partial charge in [0.15, 0.2) is 6.29 Å². The molecule has 160 valence electrons. The summed E-state index contributed by atoms with van der Waals surface area (Å²) >= 11 is 0. The minimum atomic E-state index is -1.04. The fourth-order valence-electron chi connectivity index (χ4n) is 3.32. The fraction of sp³-hybridized carbons (Fsp3) is 0.500. The number of carbonyl (C=O) groups is 1. The molecule has 2 aliphatic carbocycles. The topological polar surface area (TPSA) is 97.2 Å². The molecule has 0 spiro atoms. The van der Waals surface area contributed by atoms with Gasteiger partial charge in [0.1, 0.15) is 18.1 Å². The zero-order valence-electron chi connectivity index (χ0n) is 17.5. The lowest BCUT2D eigenvalue weighted by Crippen LogP contribution is -2.39. The van der Waals surface area contributed by atoms with E-state index in [-0.39, 0.29) is 36.8 Å². The van der Waals surface area contributed by atoms with Gasteiger partial charge in [-0.3, -0.25) is 4.79 Å². The number of nitrogens with one attached hydrogen (secondary N) is 1. The zero-order valence-corrected chi connectivity index (χ0v) is 17.5. The van der Waals surface area contributed by atoms with E-state index in [9.17, 15) is 15.0 Å². The minimum Gasteiger partial charge on any atom is -0.512 e. The van der Waals surface area contributed by atoms with Crippen molar-refractivity contribution in [2.45, 2.75) is 33.1 Å². The van der Waals surface area contributed by atoms with E-state index >= 15 is 0 Å². The van der Waals surface area contributed by atoms with Gasteiger partial charge in [-0.2, -0.15) is 0 Å². The maximum Gasteiger partial charge on any atom is 0.248 e. The van der Waals surface area contributed by atoms with E-state index in [1.807, 2.05) is 13.8 Å². The van der Waals surface area contributed by atoms with Crippen LogP contribution in [-0.4, -0.2) is 55.4 Å². The molecule has 0 aliphatic heterocycles. The van der Waals surface area contributed by atoms with Gasteiger partial charge in [0, 0.05) is 24.6 Å². The molecule has 7 nitrogen and oxygen atoms in total. The molecule has 0 fully saturated rings. The highest BCUT2D eigenvalue weighted by Crippen LogP contribution is 2.43.